The fourth-order valence-corrected chi connectivity index (χ4v) is 2.93. The molecule has 23 heavy (non-hydrogen) atoms. The third-order valence-corrected chi connectivity index (χ3v) is 4.08. The van der Waals surface area contributed by atoms with Crippen molar-refractivity contribution in [2.24, 2.45) is 0 Å². The van der Waals surface area contributed by atoms with Crippen molar-refractivity contribution in [2.45, 2.75) is 32.7 Å². The lowest BCUT2D eigenvalue weighted by atomic mass is 10.1. The van der Waals surface area contributed by atoms with E-state index in [1.807, 2.05) is 36.0 Å². The van der Waals surface area contributed by atoms with Crippen LogP contribution in [0.1, 0.15) is 46.7 Å². The quantitative estimate of drug-likeness (QED) is 0.863. The van der Waals surface area contributed by atoms with E-state index in [-0.39, 0.29) is 11.9 Å². The van der Waals surface area contributed by atoms with Crippen LogP contribution in [0.25, 0.3) is 0 Å². The van der Waals surface area contributed by atoms with Gasteiger partial charge in [0.25, 0.3) is 5.91 Å². The fourth-order valence-electron chi connectivity index (χ4n) is 2.93. The second-order valence-corrected chi connectivity index (χ2v) is 6.01. The van der Waals surface area contributed by atoms with Gasteiger partial charge in [-0.15, -0.1) is 5.10 Å². The maximum Gasteiger partial charge on any atom is 0.292 e. The third kappa shape index (κ3) is 2.91. The monoisotopic (exact) mass is 315 g/mol. The average molecular weight is 315 g/mol. The molecule has 1 aliphatic rings. The molecule has 0 radical (unpaired) electrons. The number of anilines is 1. The van der Waals surface area contributed by atoms with Gasteiger partial charge < -0.3 is 14.2 Å². The molecule has 0 aromatic carbocycles. The van der Waals surface area contributed by atoms with Crippen LogP contribution >= 0.6 is 0 Å². The molecule has 1 aliphatic heterocycles. The van der Waals surface area contributed by atoms with Crippen LogP contribution in [-0.2, 0) is 0 Å². The number of carbonyl (C=O) groups excluding carboxylic acids is 1. The summed E-state index contributed by atoms with van der Waals surface area (Å²) in [5.41, 5.74) is 1.45. The standard InChI is InChI=1S/C16H21N5O2/c1-10-15(23-11(2)17-10)16(22)21-9-5-6-13(21)12-7-8-14(19-18-12)20(3)4/h7-8,13H,5-6,9H2,1-4H3. The number of aromatic nitrogens is 3. The first-order valence-corrected chi connectivity index (χ1v) is 7.73. The van der Waals surface area contributed by atoms with E-state index in [0.717, 1.165) is 24.4 Å². The molecule has 0 N–H and O–H groups in total. The Morgan fingerprint density at radius 3 is 2.65 bits per heavy atom. The van der Waals surface area contributed by atoms with E-state index >= 15 is 0 Å². The molecule has 122 valence electrons. The van der Waals surface area contributed by atoms with Crippen molar-refractivity contribution in [3.05, 3.63) is 35.2 Å². The number of hydrogen-bond acceptors (Lipinski definition) is 6. The lowest BCUT2D eigenvalue weighted by Crippen LogP contribution is -2.31. The Hall–Kier alpha value is -2.44. The number of hydrogen-bond donors (Lipinski definition) is 0. The molecule has 1 atom stereocenters. The Morgan fingerprint density at radius 2 is 2.09 bits per heavy atom. The summed E-state index contributed by atoms with van der Waals surface area (Å²) in [6.45, 7) is 4.23. The molecule has 0 aliphatic carbocycles. The summed E-state index contributed by atoms with van der Waals surface area (Å²) in [5.74, 6) is 1.51. The Labute approximate surface area is 135 Å². The highest BCUT2D eigenvalue weighted by atomic mass is 16.4. The molecule has 0 spiro atoms. The maximum atomic E-state index is 12.8. The molecule has 2 aromatic rings. The molecule has 0 bridgehead atoms. The summed E-state index contributed by atoms with van der Waals surface area (Å²) in [7, 11) is 3.84. The second-order valence-electron chi connectivity index (χ2n) is 6.01. The Kier molecular flexibility index (Phi) is 4.02. The Morgan fingerprint density at radius 1 is 1.30 bits per heavy atom. The van der Waals surface area contributed by atoms with Crippen LogP contribution in [0.2, 0.25) is 0 Å². The highest BCUT2D eigenvalue weighted by molar-refractivity contribution is 5.93. The smallest absolute Gasteiger partial charge is 0.292 e. The van der Waals surface area contributed by atoms with Crippen LogP contribution < -0.4 is 4.90 Å². The van der Waals surface area contributed by atoms with Crippen molar-refractivity contribution in [3.8, 4) is 0 Å². The average Bonchev–Trinajstić information content (AvgIpc) is 3.13. The van der Waals surface area contributed by atoms with Crippen molar-refractivity contribution in [3.63, 3.8) is 0 Å². The van der Waals surface area contributed by atoms with Crippen LogP contribution in [-0.4, -0.2) is 46.6 Å². The van der Waals surface area contributed by atoms with Crippen LogP contribution in [0.15, 0.2) is 16.5 Å². The van der Waals surface area contributed by atoms with Gasteiger partial charge in [0.2, 0.25) is 5.76 Å². The van der Waals surface area contributed by atoms with E-state index in [4.69, 9.17) is 4.42 Å². The predicted molar refractivity (Wildman–Crippen MR) is 85.3 cm³/mol. The maximum absolute atomic E-state index is 12.8. The predicted octanol–water partition coefficient (Wildman–Crippen LogP) is 2.12. The summed E-state index contributed by atoms with van der Waals surface area (Å²) >= 11 is 0. The van der Waals surface area contributed by atoms with Crippen LogP contribution in [0.5, 0.6) is 0 Å². The van der Waals surface area contributed by atoms with Gasteiger partial charge >= 0.3 is 0 Å². The summed E-state index contributed by atoms with van der Waals surface area (Å²) in [4.78, 5) is 20.7. The molecule has 1 unspecified atom stereocenters. The highest BCUT2D eigenvalue weighted by Gasteiger charge is 2.34. The zero-order valence-electron chi connectivity index (χ0n) is 13.9. The van der Waals surface area contributed by atoms with Gasteiger partial charge in [-0.3, -0.25) is 4.79 Å². The Balaban J connectivity index is 1.85. The van der Waals surface area contributed by atoms with E-state index < -0.39 is 0 Å². The third-order valence-electron chi connectivity index (χ3n) is 4.08. The van der Waals surface area contributed by atoms with Crippen LogP contribution in [0.3, 0.4) is 0 Å². The van der Waals surface area contributed by atoms with Crippen molar-refractivity contribution < 1.29 is 9.21 Å². The van der Waals surface area contributed by atoms with Crippen LogP contribution in [0, 0.1) is 13.8 Å². The molecule has 1 fully saturated rings. The number of aryl methyl sites for hydroxylation is 2. The summed E-state index contributed by atoms with van der Waals surface area (Å²) < 4.78 is 5.48. The van der Waals surface area contributed by atoms with Crippen molar-refractivity contribution in [2.75, 3.05) is 25.5 Å². The summed E-state index contributed by atoms with van der Waals surface area (Å²) in [6, 6.07) is 3.81. The van der Waals surface area contributed by atoms with Gasteiger partial charge in [-0.2, -0.15) is 5.10 Å². The molecular weight excluding hydrogens is 294 g/mol. The highest BCUT2D eigenvalue weighted by Crippen LogP contribution is 2.32. The van der Waals surface area contributed by atoms with Gasteiger partial charge in [0.15, 0.2) is 11.7 Å². The first-order chi connectivity index (χ1) is 11.0. The van der Waals surface area contributed by atoms with E-state index in [0.29, 0.717) is 23.9 Å². The first-order valence-electron chi connectivity index (χ1n) is 7.73. The lowest BCUT2D eigenvalue weighted by Gasteiger charge is -2.23. The van der Waals surface area contributed by atoms with Gasteiger partial charge in [0, 0.05) is 27.6 Å². The SMILES string of the molecule is Cc1nc(C)c(C(=O)N2CCCC2c2ccc(N(C)C)nn2)o1. The molecule has 1 saturated heterocycles. The minimum absolute atomic E-state index is 0.0592. The number of carbonyl (C=O) groups is 1. The second kappa shape index (κ2) is 5.98. The van der Waals surface area contributed by atoms with E-state index in [2.05, 4.69) is 15.2 Å². The number of rotatable bonds is 3. The zero-order chi connectivity index (χ0) is 16.6. The lowest BCUT2D eigenvalue weighted by molar-refractivity contribution is 0.0697. The molecule has 7 heteroatoms. The van der Waals surface area contributed by atoms with E-state index in [1.54, 1.807) is 13.8 Å². The van der Waals surface area contributed by atoms with Gasteiger partial charge in [-0.1, -0.05) is 0 Å². The first kappa shape index (κ1) is 15.5. The molecule has 1 amide bonds. The fraction of sp³-hybridized carbons (Fsp3) is 0.500. The minimum atomic E-state index is -0.121. The van der Waals surface area contributed by atoms with Gasteiger partial charge in [0.05, 0.1) is 17.4 Å². The summed E-state index contributed by atoms with van der Waals surface area (Å²) in [6.07, 6.45) is 1.83. The largest absolute Gasteiger partial charge is 0.436 e. The minimum Gasteiger partial charge on any atom is -0.436 e. The van der Waals surface area contributed by atoms with Crippen molar-refractivity contribution in [1.82, 2.24) is 20.1 Å². The number of oxazole rings is 1. The van der Waals surface area contributed by atoms with E-state index in [1.165, 1.54) is 0 Å². The molecular formula is C16H21N5O2. The van der Waals surface area contributed by atoms with Gasteiger partial charge in [0.1, 0.15) is 0 Å². The van der Waals surface area contributed by atoms with Gasteiger partial charge in [-0.05, 0) is 31.9 Å². The molecule has 3 rings (SSSR count). The molecule has 0 saturated carbocycles. The number of likely N-dealkylation sites (tertiary alicyclic amines) is 1. The van der Waals surface area contributed by atoms with Crippen molar-refractivity contribution in [1.29, 1.82) is 0 Å². The normalized spacial score (nSPS) is 17.6. The van der Waals surface area contributed by atoms with Gasteiger partial charge in [-0.25, -0.2) is 4.98 Å². The molecule has 7 nitrogen and oxygen atoms in total. The van der Waals surface area contributed by atoms with Crippen LogP contribution in [0.4, 0.5) is 5.82 Å². The van der Waals surface area contributed by atoms with E-state index in [9.17, 15) is 4.79 Å². The molecule has 2 aromatic heterocycles. The zero-order valence-corrected chi connectivity index (χ0v) is 13.9. The summed E-state index contributed by atoms with van der Waals surface area (Å²) in [5, 5.41) is 8.52. The van der Waals surface area contributed by atoms with Crippen molar-refractivity contribution >= 4 is 11.7 Å². The number of nitrogens with zero attached hydrogens (tertiary/aromatic N) is 5. The number of amides is 1. The molecule has 3 heterocycles. The topological polar surface area (TPSA) is 75.4 Å². The Bertz CT molecular complexity index is 708.